The summed E-state index contributed by atoms with van der Waals surface area (Å²) in [4.78, 5) is 5.18. The van der Waals surface area contributed by atoms with Crippen LogP contribution in [0.2, 0.25) is 5.02 Å². The number of nitrogens with zero attached hydrogens (tertiary/aromatic N) is 6. The van der Waals surface area contributed by atoms with E-state index in [1.54, 1.807) is 0 Å². The van der Waals surface area contributed by atoms with Crippen LogP contribution >= 0.6 is 11.6 Å². The smallest absolute Gasteiger partial charge is 0.173 e. The highest BCUT2D eigenvalue weighted by molar-refractivity contribution is 6.31. The molecule has 31 heavy (non-hydrogen) atoms. The zero-order valence-electron chi connectivity index (χ0n) is 17.8. The fourth-order valence-corrected chi connectivity index (χ4v) is 5.34. The maximum absolute atomic E-state index is 6.68. The molecule has 162 valence electrons. The first kappa shape index (κ1) is 20.6. The molecule has 1 aromatic heterocycles. The fraction of sp³-hybridized carbons (Fsp3) is 0.458. The van der Waals surface area contributed by atoms with Crippen molar-refractivity contribution in [3.05, 3.63) is 76.6 Å². The molecule has 2 fully saturated rings. The molecule has 2 aliphatic rings. The van der Waals surface area contributed by atoms with Gasteiger partial charge in [-0.3, -0.25) is 9.80 Å². The zero-order valence-corrected chi connectivity index (χ0v) is 18.5. The van der Waals surface area contributed by atoms with Crippen LogP contribution in [0.5, 0.6) is 0 Å². The number of hydrogen-bond acceptors (Lipinski definition) is 5. The van der Waals surface area contributed by atoms with E-state index in [1.165, 1.54) is 31.2 Å². The van der Waals surface area contributed by atoms with Gasteiger partial charge in [-0.15, -0.1) is 5.10 Å². The van der Waals surface area contributed by atoms with Crippen molar-refractivity contribution < 1.29 is 0 Å². The molecule has 2 aromatic carbocycles. The van der Waals surface area contributed by atoms with E-state index in [-0.39, 0.29) is 6.04 Å². The lowest BCUT2D eigenvalue weighted by molar-refractivity contribution is 0.0771. The quantitative estimate of drug-likeness (QED) is 0.584. The summed E-state index contributed by atoms with van der Waals surface area (Å²) in [5.41, 5.74) is 2.25. The molecule has 6 nitrogen and oxygen atoms in total. The van der Waals surface area contributed by atoms with Crippen LogP contribution in [0.4, 0.5) is 0 Å². The average Bonchev–Trinajstić information content (AvgIpc) is 3.50. The summed E-state index contributed by atoms with van der Waals surface area (Å²) in [7, 11) is 0. The van der Waals surface area contributed by atoms with Gasteiger partial charge < -0.3 is 0 Å². The molecule has 1 unspecified atom stereocenters. The number of aromatic nitrogens is 4. The van der Waals surface area contributed by atoms with Crippen LogP contribution in [-0.2, 0) is 6.54 Å². The predicted octanol–water partition coefficient (Wildman–Crippen LogP) is 4.02. The minimum absolute atomic E-state index is 0.0573. The Hall–Kier alpha value is -2.28. The first-order valence-electron chi connectivity index (χ1n) is 11.3. The van der Waals surface area contributed by atoms with Crippen molar-refractivity contribution in [2.24, 2.45) is 0 Å². The van der Waals surface area contributed by atoms with E-state index in [1.807, 2.05) is 41.1 Å². The molecule has 2 heterocycles. The van der Waals surface area contributed by atoms with Crippen LogP contribution in [0.1, 0.15) is 48.7 Å². The van der Waals surface area contributed by atoms with Crippen molar-refractivity contribution in [1.82, 2.24) is 30.0 Å². The Bertz CT molecular complexity index is 976. The Balaban J connectivity index is 1.43. The van der Waals surface area contributed by atoms with Gasteiger partial charge in [0.05, 0.1) is 12.6 Å². The van der Waals surface area contributed by atoms with E-state index >= 15 is 0 Å². The summed E-state index contributed by atoms with van der Waals surface area (Å²) in [6.07, 6.45) is 5.45. The lowest BCUT2D eigenvalue weighted by Gasteiger charge is -2.41. The van der Waals surface area contributed by atoms with E-state index in [9.17, 15) is 0 Å². The molecule has 5 rings (SSSR count). The lowest BCUT2D eigenvalue weighted by atomic mass is 10.0. The van der Waals surface area contributed by atoms with Crippen molar-refractivity contribution in [2.45, 2.75) is 44.3 Å². The van der Waals surface area contributed by atoms with Gasteiger partial charge in [-0.25, -0.2) is 4.68 Å². The molecule has 1 saturated carbocycles. The van der Waals surface area contributed by atoms with Crippen molar-refractivity contribution >= 4 is 11.6 Å². The third-order valence-electron chi connectivity index (χ3n) is 6.73. The molecule has 1 saturated heterocycles. The monoisotopic (exact) mass is 436 g/mol. The number of hydrogen-bond donors (Lipinski definition) is 0. The number of halogens is 1. The SMILES string of the molecule is Clc1ccccc1C(c1nnnn1Cc1ccccc1)N1CCN(C2CCCC2)CC1. The molecule has 3 aromatic rings. The summed E-state index contributed by atoms with van der Waals surface area (Å²) < 4.78 is 1.92. The van der Waals surface area contributed by atoms with Crippen LogP contribution in [0, 0.1) is 0 Å². The predicted molar refractivity (Wildman–Crippen MR) is 122 cm³/mol. The first-order valence-corrected chi connectivity index (χ1v) is 11.7. The molecule has 1 aliphatic heterocycles. The minimum atomic E-state index is -0.0573. The minimum Gasteiger partial charge on any atom is -0.298 e. The second-order valence-corrected chi connectivity index (χ2v) is 9.02. The van der Waals surface area contributed by atoms with Crippen molar-refractivity contribution in [3.8, 4) is 0 Å². The van der Waals surface area contributed by atoms with Crippen LogP contribution in [-0.4, -0.2) is 62.2 Å². The Morgan fingerprint density at radius 3 is 2.35 bits per heavy atom. The Labute approximate surface area is 188 Å². The van der Waals surface area contributed by atoms with Gasteiger partial charge in [0, 0.05) is 37.2 Å². The second kappa shape index (κ2) is 9.47. The third-order valence-corrected chi connectivity index (χ3v) is 7.08. The van der Waals surface area contributed by atoms with Crippen molar-refractivity contribution in [2.75, 3.05) is 26.2 Å². The molecule has 7 heteroatoms. The normalized spacial score (nSPS) is 19.6. The average molecular weight is 437 g/mol. The van der Waals surface area contributed by atoms with Gasteiger partial charge in [-0.2, -0.15) is 0 Å². The molecule has 0 radical (unpaired) electrons. The Morgan fingerprint density at radius 1 is 0.903 bits per heavy atom. The van der Waals surface area contributed by atoms with E-state index in [2.05, 4.69) is 43.5 Å². The van der Waals surface area contributed by atoms with Gasteiger partial charge >= 0.3 is 0 Å². The molecule has 0 spiro atoms. The van der Waals surface area contributed by atoms with Gasteiger partial charge in [0.25, 0.3) is 0 Å². The second-order valence-electron chi connectivity index (χ2n) is 8.61. The lowest BCUT2D eigenvalue weighted by Crippen LogP contribution is -2.51. The number of tetrazole rings is 1. The molecule has 0 N–H and O–H groups in total. The Kier molecular flexibility index (Phi) is 6.30. The highest BCUT2D eigenvalue weighted by Gasteiger charge is 2.33. The first-order chi connectivity index (χ1) is 15.3. The van der Waals surface area contributed by atoms with Crippen LogP contribution in [0.15, 0.2) is 54.6 Å². The van der Waals surface area contributed by atoms with E-state index in [0.717, 1.165) is 48.6 Å². The van der Waals surface area contributed by atoms with Gasteiger partial charge in [0.2, 0.25) is 0 Å². The summed E-state index contributed by atoms with van der Waals surface area (Å²) >= 11 is 6.68. The largest absolute Gasteiger partial charge is 0.298 e. The maximum Gasteiger partial charge on any atom is 0.173 e. The highest BCUT2D eigenvalue weighted by atomic mass is 35.5. The van der Waals surface area contributed by atoms with Crippen molar-refractivity contribution in [3.63, 3.8) is 0 Å². The van der Waals surface area contributed by atoms with E-state index < -0.39 is 0 Å². The molecule has 0 amide bonds. The van der Waals surface area contributed by atoms with E-state index in [0.29, 0.717) is 6.54 Å². The van der Waals surface area contributed by atoms with Gasteiger partial charge in [-0.1, -0.05) is 73.0 Å². The molecular weight excluding hydrogens is 408 g/mol. The summed E-state index contributed by atoms with van der Waals surface area (Å²) in [6.45, 7) is 4.80. The molecule has 1 atom stereocenters. The molecule has 0 bridgehead atoms. The Morgan fingerprint density at radius 2 is 1.61 bits per heavy atom. The van der Waals surface area contributed by atoms with E-state index in [4.69, 9.17) is 11.6 Å². The van der Waals surface area contributed by atoms with Gasteiger partial charge in [-0.05, 0) is 40.5 Å². The number of rotatable bonds is 6. The van der Waals surface area contributed by atoms with Crippen LogP contribution < -0.4 is 0 Å². The van der Waals surface area contributed by atoms with Gasteiger partial charge in [0.15, 0.2) is 5.82 Å². The zero-order chi connectivity index (χ0) is 21.0. The topological polar surface area (TPSA) is 50.1 Å². The summed E-state index contributed by atoms with van der Waals surface area (Å²) in [5, 5.41) is 13.6. The summed E-state index contributed by atoms with van der Waals surface area (Å²) in [5.74, 6) is 0.853. The maximum atomic E-state index is 6.68. The third kappa shape index (κ3) is 4.52. The number of piperazine rings is 1. The van der Waals surface area contributed by atoms with Crippen LogP contribution in [0.3, 0.4) is 0 Å². The number of benzene rings is 2. The molecular formula is C24H29ClN6. The molecule has 1 aliphatic carbocycles. The standard InChI is InChI=1S/C24H29ClN6/c25-22-13-7-6-12-21(22)23(30-16-14-29(15-17-30)20-10-4-5-11-20)24-26-27-28-31(24)18-19-8-2-1-3-9-19/h1-3,6-9,12-13,20,23H,4-5,10-11,14-18H2. The van der Waals surface area contributed by atoms with Crippen LogP contribution in [0.25, 0.3) is 0 Å². The summed E-state index contributed by atoms with van der Waals surface area (Å²) in [6, 6.07) is 19.2. The van der Waals surface area contributed by atoms with Crippen molar-refractivity contribution in [1.29, 1.82) is 0 Å². The van der Waals surface area contributed by atoms with Gasteiger partial charge in [0.1, 0.15) is 0 Å². The highest BCUT2D eigenvalue weighted by Crippen LogP contribution is 2.34. The fourth-order valence-electron chi connectivity index (χ4n) is 5.10.